The summed E-state index contributed by atoms with van der Waals surface area (Å²) in [7, 11) is 0. The van der Waals surface area contributed by atoms with Gasteiger partial charge in [0.05, 0.1) is 0 Å². The van der Waals surface area contributed by atoms with Crippen molar-refractivity contribution in [2.24, 2.45) is 0 Å². The van der Waals surface area contributed by atoms with E-state index in [4.69, 9.17) is 10.8 Å². The first-order chi connectivity index (χ1) is 9.99. The van der Waals surface area contributed by atoms with E-state index < -0.39 is 5.97 Å². The zero-order valence-corrected chi connectivity index (χ0v) is 12.3. The number of hydrogen-bond acceptors (Lipinski definition) is 3. The molecule has 1 atom stereocenters. The fraction of sp³-hybridized carbons (Fsp3) is 0.312. The van der Waals surface area contributed by atoms with Crippen LogP contribution in [-0.2, 0) is 4.79 Å². The highest BCUT2D eigenvalue weighted by Crippen LogP contribution is 2.19. The third-order valence-corrected chi connectivity index (χ3v) is 3.48. The third-order valence-electron chi connectivity index (χ3n) is 3.48. The predicted octanol–water partition coefficient (Wildman–Crippen LogP) is 2.35. The second-order valence-corrected chi connectivity index (χ2v) is 5.19. The Hall–Kier alpha value is -2.43. The number of carboxylic acids is 1. The van der Waals surface area contributed by atoms with Crippen molar-refractivity contribution in [3.8, 4) is 11.3 Å². The Morgan fingerprint density at radius 3 is 2.67 bits per heavy atom. The van der Waals surface area contributed by atoms with Crippen LogP contribution in [0.1, 0.15) is 31.4 Å². The second kappa shape index (κ2) is 6.35. The minimum atomic E-state index is -0.808. The van der Waals surface area contributed by atoms with Crippen LogP contribution in [0.3, 0.4) is 0 Å². The molecule has 2 aromatic rings. The number of anilines is 1. The molecule has 1 heterocycles. The summed E-state index contributed by atoms with van der Waals surface area (Å²) in [6.07, 6.45) is 0.596. The van der Waals surface area contributed by atoms with Gasteiger partial charge in [0.2, 0.25) is 0 Å². The molecule has 0 aliphatic heterocycles. The summed E-state index contributed by atoms with van der Waals surface area (Å²) < 4.78 is 1.72. The number of carboxylic acid groups (broad SMARTS) is 1. The molecule has 0 saturated heterocycles. The van der Waals surface area contributed by atoms with Gasteiger partial charge in [-0.2, -0.15) is 0 Å². The van der Waals surface area contributed by atoms with Gasteiger partial charge in [0.25, 0.3) is 5.82 Å². The van der Waals surface area contributed by atoms with E-state index in [1.807, 2.05) is 50.2 Å². The number of nitrogens with two attached hydrogens (primary N) is 1. The Bertz CT molecular complexity index is 641. The monoisotopic (exact) mass is 286 g/mol. The van der Waals surface area contributed by atoms with Crippen LogP contribution in [-0.4, -0.2) is 16.2 Å². The van der Waals surface area contributed by atoms with Gasteiger partial charge in [0, 0.05) is 24.0 Å². The molecule has 0 spiro atoms. The summed E-state index contributed by atoms with van der Waals surface area (Å²) in [6, 6.07) is 11.7. The second-order valence-electron chi connectivity index (χ2n) is 5.19. The number of rotatable bonds is 5. The molecular formula is C16H20N3O2+. The molecule has 1 unspecified atom stereocenters. The molecule has 5 nitrogen and oxygen atoms in total. The number of aromatic nitrogens is 2. The number of carbonyl (C=O) groups is 1. The molecule has 3 N–H and O–H groups in total. The number of nitrogen functional groups attached to an aromatic ring is 1. The van der Waals surface area contributed by atoms with Crippen molar-refractivity contribution in [1.82, 2.24) is 5.10 Å². The van der Waals surface area contributed by atoms with Crippen molar-refractivity contribution in [2.45, 2.75) is 32.7 Å². The molecule has 0 saturated carbocycles. The molecule has 2 rings (SSSR count). The van der Waals surface area contributed by atoms with E-state index in [1.54, 1.807) is 4.68 Å². The SMILES string of the molecule is Cc1cc(-c2ccccc2)n[n+](C(C)CCC(=O)O)c1N. The van der Waals surface area contributed by atoms with Gasteiger partial charge in [0.15, 0.2) is 0 Å². The van der Waals surface area contributed by atoms with Crippen LogP contribution >= 0.6 is 0 Å². The number of aliphatic carboxylic acids is 1. The normalized spacial score (nSPS) is 12.1. The zero-order valence-electron chi connectivity index (χ0n) is 12.3. The first-order valence-electron chi connectivity index (χ1n) is 6.95. The third kappa shape index (κ3) is 3.56. The van der Waals surface area contributed by atoms with Crippen LogP contribution in [0.25, 0.3) is 11.3 Å². The Balaban J connectivity index is 2.37. The first-order valence-corrected chi connectivity index (χ1v) is 6.95. The summed E-state index contributed by atoms with van der Waals surface area (Å²) in [5, 5.41) is 13.4. The van der Waals surface area contributed by atoms with Crippen LogP contribution in [0, 0.1) is 6.92 Å². The van der Waals surface area contributed by atoms with Crippen LogP contribution in [0.4, 0.5) is 5.82 Å². The van der Waals surface area contributed by atoms with Crippen molar-refractivity contribution >= 4 is 11.8 Å². The average molecular weight is 286 g/mol. The van der Waals surface area contributed by atoms with Gasteiger partial charge in [-0.05, 0) is 19.9 Å². The smallest absolute Gasteiger partial charge is 0.303 e. The van der Waals surface area contributed by atoms with E-state index in [2.05, 4.69) is 5.10 Å². The molecule has 21 heavy (non-hydrogen) atoms. The highest BCUT2D eigenvalue weighted by atomic mass is 16.4. The first kappa shape index (κ1) is 15.0. The number of nitrogens with zero attached hydrogens (tertiary/aromatic N) is 2. The highest BCUT2D eigenvalue weighted by molar-refractivity contribution is 5.66. The molecule has 0 aliphatic carbocycles. The predicted molar refractivity (Wildman–Crippen MR) is 80.6 cm³/mol. The van der Waals surface area contributed by atoms with Gasteiger partial charge < -0.3 is 5.11 Å². The lowest BCUT2D eigenvalue weighted by Gasteiger charge is -2.12. The van der Waals surface area contributed by atoms with Gasteiger partial charge in [-0.3, -0.25) is 10.5 Å². The van der Waals surface area contributed by atoms with Crippen molar-refractivity contribution < 1.29 is 14.6 Å². The molecule has 0 bridgehead atoms. The molecular weight excluding hydrogens is 266 g/mol. The quantitative estimate of drug-likeness (QED) is 0.827. The Morgan fingerprint density at radius 2 is 2.05 bits per heavy atom. The largest absolute Gasteiger partial charge is 0.481 e. The lowest BCUT2D eigenvalue weighted by atomic mass is 10.1. The molecule has 110 valence electrons. The van der Waals surface area contributed by atoms with E-state index in [1.165, 1.54) is 0 Å². The molecule has 1 aromatic heterocycles. The topological polar surface area (TPSA) is 80.1 Å². The standard InChI is InChI=1S/C16H19N3O2/c1-11-10-14(13-6-4-3-5-7-13)18-19(16(11)17)12(2)8-9-15(20)21/h3-7,10,12,17H,8-9H2,1-2H3,(H,20,21)/p+1. The van der Waals surface area contributed by atoms with Gasteiger partial charge in [-0.15, -0.1) is 4.68 Å². The highest BCUT2D eigenvalue weighted by Gasteiger charge is 2.20. The number of aryl methyl sites for hydroxylation is 1. The van der Waals surface area contributed by atoms with Crippen molar-refractivity contribution in [1.29, 1.82) is 0 Å². The molecule has 1 aromatic carbocycles. The van der Waals surface area contributed by atoms with E-state index in [0.29, 0.717) is 12.2 Å². The summed E-state index contributed by atoms with van der Waals surface area (Å²) in [4.78, 5) is 10.7. The fourth-order valence-electron chi connectivity index (χ4n) is 2.20. The Kier molecular flexibility index (Phi) is 4.52. The van der Waals surface area contributed by atoms with E-state index >= 15 is 0 Å². The molecule has 0 aliphatic rings. The maximum Gasteiger partial charge on any atom is 0.303 e. The van der Waals surface area contributed by atoms with Gasteiger partial charge in [-0.25, -0.2) is 0 Å². The van der Waals surface area contributed by atoms with Crippen LogP contribution in [0.5, 0.6) is 0 Å². The minimum Gasteiger partial charge on any atom is -0.481 e. The van der Waals surface area contributed by atoms with Crippen LogP contribution in [0.15, 0.2) is 36.4 Å². The molecule has 0 fully saturated rings. The van der Waals surface area contributed by atoms with E-state index in [9.17, 15) is 4.79 Å². The van der Waals surface area contributed by atoms with Gasteiger partial charge in [-0.1, -0.05) is 35.4 Å². The maximum atomic E-state index is 10.7. The van der Waals surface area contributed by atoms with E-state index in [-0.39, 0.29) is 12.5 Å². The van der Waals surface area contributed by atoms with Gasteiger partial charge in [0.1, 0.15) is 11.7 Å². The lowest BCUT2D eigenvalue weighted by Crippen LogP contribution is -2.45. The molecule has 0 amide bonds. The van der Waals surface area contributed by atoms with Gasteiger partial charge >= 0.3 is 5.97 Å². The maximum absolute atomic E-state index is 10.7. The number of hydrogen-bond donors (Lipinski definition) is 2. The van der Waals surface area contributed by atoms with Crippen molar-refractivity contribution in [3.05, 3.63) is 42.0 Å². The molecule has 0 radical (unpaired) electrons. The van der Waals surface area contributed by atoms with Crippen LogP contribution in [0.2, 0.25) is 0 Å². The summed E-state index contributed by atoms with van der Waals surface area (Å²) >= 11 is 0. The Labute approximate surface area is 124 Å². The molecule has 5 heteroatoms. The van der Waals surface area contributed by atoms with Crippen LogP contribution < -0.4 is 10.4 Å². The van der Waals surface area contributed by atoms with Crippen molar-refractivity contribution in [3.63, 3.8) is 0 Å². The zero-order chi connectivity index (χ0) is 15.4. The summed E-state index contributed by atoms with van der Waals surface area (Å²) in [5.41, 5.74) is 8.88. The lowest BCUT2D eigenvalue weighted by molar-refractivity contribution is -0.761. The summed E-state index contributed by atoms with van der Waals surface area (Å²) in [6.45, 7) is 3.87. The van der Waals surface area contributed by atoms with Crippen molar-refractivity contribution in [2.75, 3.05) is 5.73 Å². The average Bonchev–Trinajstić information content (AvgIpc) is 2.48. The summed E-state index contributed by atoms with van der Waals surface area (Å²) in [5.74, 6) is -0.232. The fourth-order valence-corrected chi connectivity index (χ4v) is 2.20. The minimum absolute atomic E-state index is 0.0662. The van der Waals surface area contributed by atoms with E-state index in [0.717, 1.165) is 16.8 Å². The Morgan fingerprint density at radius 1 is 1.38 bits per heavy atom. The number of benzene rings is 1.